The van der Waals surface area contributed by atoms with Crippen LogP contribution in [0.1, 0.15) is 35.7 Å². The van der Waals surface area contributed by atoms with Crippen molar-refractivity contribution in [3.63, 3.8) is 0 Å². The third-order valence-corrected chi connectivity index (χ3v) is 5.66. The van der Waals surface area contributed by atoms with Gasteiger partial charge in [0.15, 0.2) is 0 Å². The number of para-hydroxylation sites is 1. The Kier molecular flexibility index (Phi) is 4.12. The molecule has 1 N–H and O–H groups in total. The van der Waals surface area contributed by atoms with E-state index in [0.29, 0.717) is 4.96 Å². The van der Waals surface area contributed by atoms with Crippen LogP contribution in [0, 0.1) is 0 Å². The van der Waals surface area contributed by atoms with E-state index in [-0.39, 0.29) is 11.9 Å². The number of piperidine rings is 1. The lowest BCUT2D eigenvalue weighted by molar-refractivity contribution is 0.184. The number of likely N-dealkylation sites (tertiary alicyclic amines) is 1. The lowest BCUT2D eigenvalue weighted by atomic mass is 9.99. The Morgan fingerprint density at radius 3 is 2.75 bits per heavy atom. The van der Waals surface area contributed by atoms with Gasteiger partial charge in [-0.25, -0.2) is 4.98 Å². The zero-order valence-electron chi connectivity index (χ0n) is 13.6. The first-order chi connectivity index (χ1) is 11.8. The minimum atomic E-state index is -0.0463. The number of methoxy groups -OCH3 is 1. The molecule has 0 spiro atoms. The quantitative estimate of drug-likeness (QED) is 0.788. The molecule has 1 aliphatic rings. The average molecular weight is 344 g/mol. The van der Waals surface area contributed by atoms with Crippen LogP contribution in [0.25, 0.3) is 4.96 Å². The van der Waals surface area contributed by atoms with Gasteiger partial charge in [0, 0.05) is 5.56 Å². The second kappa shape index (κ2) is 6.41. The largest absolute Gasteiger partial charge is 0.496 e. The summed E-state index contributed by atoms with van der Waals surface area (Å²) in [7, 11) is 1.69. The van der Waals surface area contributed by atoms with Crippen LogP contribution in [-0.4, -0.2) is 44.8 Å². The summed E-state index contributed by atoms with van der Waals surface area (Å²) in [4.78, 5) is 8.23. The lowest BCUT2D eigenvalue weighted by Gasteiger charge is -2.34. The summed E-state index contributed by atoms with van der Waals surface area (Å²) >= 11 is 1.49. The molecule has 0 radical (unpaired) electrons. The molecule has 4 rings (SSSR count). The van der Waals surface area contributed by atoms with Crippen molar-refractivity contribution in [2.75, 3.05) is 20.2 Å². The normalized spacial score (nSPS) is 17.2. The van der Waals surface area contributed by atoms with Gasteiger partial charge in [-0.15, -0.1) is 0 Å². The molecule has 3 aromatic rings. The van der Waals surface area contributed by atoms with Crippen molar-refractivity contribution in [1.29, 1.82) is 0 Å². The predicted octanol–water partition coefficient (Wildman–Crippen LogP) is 3.08. The summed E-state index contributed by atoms with van der Waals surface area (Å²) < 4.78 is 7.10. The van der Waals surface area contributed by atoms with Gasteiger partial charge in [0.2, 0.25) is 10.8 Å². The number of hydrogen-bond donors (Lipinski definition) is 1. The van der Waals surface area contributed by atoms with Crippen LogP contribution >= 0.6 is 11.3 Å². The topological polar surface area (TPSA) is 62.9 Å². The van der Waals surface area contributed by atoms with E-state index in [1.165, 1.54) is 41.4 Å². The fraction of sp³-hybridized carbons (Fsp3) is 0.412. The van der Waals surface area contributed by atoms with Crippen LogP contribution in [0.15, 0.2) is 30.6 Å². The minimum Gasteiger partial charge on any atom is -0.496 e. The lowest BCUT2D eigenvalue weighted by Crippen LogP contribution is -2.34. The number of nitrogens with zero attached hydrogens (tertiary/aromatic N) is 4. The van der Waals surface area contributed by atoms with Crippen molar-refractivity contribution in [2.24, 2.45) is 0 Å². The SMILES string of the molecule is COc1ccccc1C(c1sc2ncnn2c1O)N1CCCCC1. The molecule has 1 aromatic carbocycles. The van der Waals surface area contributed by atoms with E-state index in [1.807, 2.05) is 18.2 Å². The molecule has 1 unspecified atom stereocenters. The molecule has 1 aliphatic heterocycles. The molecule has 0 aliphatic carbocycles. The van der Waals surface area contributed by atoms with Gasteiger partial charge in [-0.1, -0.05) is 36.0 Å². The third-order valence-electron chi connectivity index (χ3n) is 4.58. The van der Waals surface area contributed by atoms with Crippen molar-refractivity contribution in [2.45, 2.75) is 25.3 Å². The van der Waals surface area contributed by atoms with Crippen molar-refractivity contribution >= 4 is 16.3 Å². The van der Waals surface area contributed by atoms with Gasteiger partial charge in [-0.2, -0.15) is 9.61 Å². The third kappa shape index (κ3) is 2.53. The number of benzene rings is 1. The van der Waals surface area contributed by atoms with E-state index in [4.69, 9.17) is 4.74 Å². The van der Waals surface area contributed by atoms with Gasteiger partial charge in [-0.05, 0) is 32.0 Å². The fourth-order valence-corrected chi connectivity index (χ4v) is 4.53. The van der Waals surface area contributed by atoms with Crippen LogP contribution in [0.4, 0.5) is 0 Å². The maximum absolute atomic E-state index is 10.7. The molecular formula is C17H20N4O2S. The smallest absolute Gasteiger partial charge is 0.230 e. The Hall–Kier alpha value is -2.12. The van der Waals surface area contributed by atoms with Gasteiger partial charge < -0.3 is 9.84 Å². The number of hydrogen-bond acceptors (Lipinski definition) is 6. The predicted molar refractivity (Wildman–Crippen MR) is 92.8 cm³/mol. The van der Waals surface area contributed by atoms with E-state index in [2.05, 4.69) is 21.0 Å². The molecule has 7 heteroatoms. The molecule has 0 amide bonds. The number of ether oxygens (including phenoxy) is 1. The molecule has 24 heavy (non-hydrogen) atoms. The summed E-state index contributed by atoms with van der Waals surface area (Å²) in [5.41, 5.74) is 1.07. The first-order valence-electron chi connectivity index (χ1n) is 8.18. The Morgan fingerprint density at radius 2 is 2.00 bits per heavy atom. The summed E-state index contributed by atoms with van der Waals surface area (Å²) in [6.07, 6.45) is 5.07. The second-order valence-corrected chi connectivity index (χ2v) is 6.99. The number of fused-ring (bicyclic) bond motifs is 1. The maximum Gasteiger partial charge on any atom is 0.230 e. The number of aromatic nitrogens is 3. The standard InChI is InChI=1S/C17H20N4O2S/c1-23-13-8-4-3-7-12(13)14(20-9-5-2-6-10-20)15-16(22)21-17(24-15)18-11-19-21/h3-4,7-8,11,14,22H,2,5-6,9-10H2,1H3. The zero-order chi connectivity index (χ0) is 16.5. The van der Waals surface area contributed by atoms with Crippen molar-refractivity contribution in [3.8, 4) is 11.6 Å². The van der Waals surface area contributed by atoms with E-state index in [9.17, 15) is 5.11 Å². The molecular weight excluding hydrogens is 324 g/mol. The highest BCUT2D eigenvalue weighted by Gasteiger charge is 2.31. The molecule has 1 fully saturated rings. The molecule has 6 nitrogen and oxygen atoms in total. The summed E-state index contributed by atoms with van der Waals surface area (Å²) in [6, 6.07) is 7.99. The van der Waals surface area contributed by atoms with Crippen molar-refractivity contribution < 1.29 is 9.84 Å². The van der Waals surface area contributed by atoms with Gasteiger partial charge >= 0.3 is 0 Å². The monoisotopic (exact) mass is 344 g/mol. The summed E-state index contributed by atoms with van der Waals surface area (Å²) in [5.74, 6) is 1.01. The van der Waals surface area contributed by atoms with Crippen LogP contribution in [0.3, 0.4) is 0 Å². The second-order valence-electron chi connectivity index (χ2n) is 5.99. The Labute approximate surface area is 144 Å². The van der Waals surface area contributed by atoms with Crippen LogP contribution < -0.4 is 4.74 Å². The number of thiazole rings is 1. The Balaban J connectivity index is 1.86. The van der Waals surface area contributed by atoms with Gasteiger partial charge in [0.1, 0.15) is 12.1 Å². The van der Waals surface area contributed by atoms with E-state index < -0.39 is 0 Å². The highest BCUT2D eigenvalue weighted by atomic mass is 32.1. The van der Waals surface area contributed by atoms with Crippen LogP contribution in [0.5, 0.6) is 11.6 Å². The average Bonchev–Trinajstić information content (AvgIpc) is 3.21. The van der Waals surface area contributed by atoms with E-state index >= 15 is 0 Å². The Morgan fingerprint density at radius 1 is 1.21 bits per heavy atom. The zero-order valence-corrected chi connectivity index (χ0v) is 14.4. The number of rotatable bonds is 4. The first kappa shape index (κ1) is 15.4. The van der Waals surface area contributed by atoms with Gasteiger partial charge in [0.05, 0.1) is 18.0 Å². The van der Waals surface area contributed by atoms with Crippen LogP contribution in [-0.2, 0) is 0 Å². The molecule has 2 aromatic heterocycles. The molecule has 1 saturated heterocycles. The molecule has 0 saturated carbocycles. The molecule has 1 atom stereocenters. The summed E-state index contributed by atoms with van der Waals surface area (Å²) in [5, 5.41) is 14.8. The van der Waals surface area contributed by atoms with Crippen molar-refractivity contribution in [1.82, 2.24) is 19.5 Å². The Bertz CT molecular complexity index is 838. The van der Waals surface area contributed by atoms with E-state index in [1.54, 1.807) is 7.11 Å². The summed E-state index contributed by atoms with van der Waals surface area (Å²) in [6.45, 7) is 2.02. The van der Waals surface area contributed by atoms with Crippen molar-refractivity contribution in [3.05, 3.63) is 41.0 Å². The fourth-order valence-electron chi connectivity index (χ4n) is 3.44. The highest BCUT2D eigenvalue weighted by molar-refractivity contribution is 7.17. The molecule has 3 heterocycles. The maximum atomic E-state index is 10.7. The van der Waals surface area contributed by atoms with E-state index in [0.717, 1.165) is 29.3 Å². The molecule has 0 bridgehead atoms. The van der Waals surface area contributed by atoms with Gasteiger partial charge in [0.25, 0.3) is 0 Å². The minimum absolute atomic E-state index is 0.0463. The highest BCUT2D eigenvalue weighted by Crippen LogP contribution is 2.43. The van der Waals surface area contributed by atoms with Gasteiger partial charge in [-0.3, -0.25) is 4.90 Å². The number of aromatic hydroxyl groups is 1. The first-order valence-corrected chi connectivity index (χ1v) is 8.99. The van der Waals surface area contributed by atoms with Crippen LogP contribution in [0.2, 0.25) is 0 Å². The molecule has 126 valence electrons.